The van der Waals surface area contributed by atoms with Crippen LogP contribution in [0.3, 0.4) is 0 Å². The third kappa shape index (κ3) is 4.34. The Balaban J connectivity index is 2.07. The highest BCUT2D eigenvalue weighted by molar-refractivity contribution is 6.34. The van der Waals surface area contributed by atoms with Crippen LogP contribution in [0.25, 0.3) is 5.69 Å². The van der Waals surface area contributed by atoms with Crippen molar-refractivity contribution in [3.8, 4) is 5.69 Å². The number of aryl methyl sites for hydroxylation is 1. The molecule has 6 heteroatoms. The summed E-state index contributed by atoms with van der Waals surface area (Å²) in [5, 5.41) is 8.66. The van der Waals surface area contributed by atoms with Gasteiger partial charge in [-0.1, -0.05) is 61.7 Å². The molecule has 0 radical (unpaired) electrons. The Morgan fingerprint density at radius 2 is 1.81 bits per heavy atom. The summed E-state index contributed by atoms with van der Waals surface area (Å²) in [5.74, 6) is 0.328. The van der Waals surface area contributed by atoms with Crippen LogP contribution in [0.1, 0.15) is 42.4 Å². The zero-order valence-electron chi connectivity index (χ0n) is 15.7. The second kappa shape index (κ2) is 7.37. The van der Waals surface area contributed by atoms with E-state index in [2.05, 4.69) is 31.2 Å². The van der Waals surface area contributed by atoms with Crippen molar-refractivity contribution in [1.29, 1.82) is 0 Å². The maximum atomic E-state index is 12.7. The molecule has 0 bridgehead atoms. The summed E-state index contributed by atoms with van der Waals surface area (Å²) >= 11 is 12.5. The fraction of sp³-hybridized carbons (Fsp3) is 0.238. The predicted molar refractivity (Wildman–Crippen MR) is 111 cm³/mol. The Morgan fingerprint density at radius 3 is 2.48 bits per heavy atom. The van der Waals surface area contributed by atoms with Gasteiger partial charge >= 0.3 is 0 Å². The Labute approximate surface area is 169 Å². The molecule has 0 aliphatic heterocycles. The largest absolute Gasteiger partial charge is 0.306 e. The summed E-state index contributed by atoms with van der Waals surface area (Å²) in [6.07, 6.45) is 0. The zero-order chi connectivity index (χ0) is 19.8. The molecule has 2 aromatic carbocycles. The van der Waals surface area contributed by atoms with E-state index in [-0.39, 0.29) is 11.3 Å². The van der Waals surface area contributed by atoms with E-state index in [4.69, 9.17) is 23.2 Å². The molecule has 1 heterocycles. The number of rotatable bonds is 3. The number of halogens is 2. The number of hydrogen-bond acceptors (Lipinski definition) is 2. The highest BCUT2D eigenvalue weighted by Crippen LogP contribution is 2.31. The standard InChI is InChI=1S/C21H21Cl2N3O/c1-13-6-5-7-14(10-13)20(27)24-19-12-18(21(2,3)4)25-26(19)17-11-15(22)8-9-16(17)23/h5-12H,1-4H3,(H,24,27). The summed E-state index contributed by atoms with van der Waals surface area (Å²) < 4.78 is 1.63. The van der Waals surface area contributed by atoms with E-state index in [1.165, 1.54) is 0 Å². The maximum Gasteiger partial charge on any atom is 0.256 e. The van der Waals surface area contributed by atoms with Gasteiger partial charge in [-0.25, -0.2) is 4.68 Å². The Hall–Kier alpha value is -2.30. The number of nitrogens with zero attached hydrogens (tertiary/aromatic N) is 2. The van der Waals surface area contributed by atoms with Crippen LogP contribution >= 0.6 is 23.2 Å². The van der Waals surface area contributed by atoms with Crippen molar-refractivity contribution in [2.75, 3.05) is 5.32 Å². The molecule has 1 aromatic heterocycles. The highest BCUT2D eigenvalue weighted by Gasteiger charge is 2.22. The number of carbonyl (C=O) groups is 1. The summed E-state index contributed by atoms with van der Waals surface area (Å²) in [7, 11) is 0. The number of aromatic nitrogens is 2. The summed E-state index contributed by atoms with van der Waals surface area (Å²) in [6.45, 7) is 8.13. The molecule has 27 heavy (non-hydrogen) atoms. The number of benzene rings is 2. The molecular weight excluding hydrogens is 381 g/mol. The van der Waals surface area contributed by atoms with E-state index >= 15 is 0 Å². The van der Waals surface area contributed by atoms with Crippen molar-refractivity contribution in [2.24, 2.45) is 0 Å². The second-order valence-corrected chi connectivity index (χ2v) is 8.34. The van der Waals surface area contributed by atoms with E-state index in [1.54, 1.807) is 28.9 Å². The molecule has 0 saturated carbocycles. The van der Waals surface area contributed by atoms with Crippen LogP contribution in [0.4, 0.5) is 5.82 Å². The quantitative estimate of drug-likeness (QED) is 0.581. The van der Waals surface area contributed by atoms with Crippen LogP contribution in [0.5, 0.6) is 0 Å². The summed E-state index contributed by atoms with van der Waals surface area (Å²) in [6, 6.07) is 14.4. The minimum atomic E-state index is -0.210. The molecule has 0 aliphatic carbocycles. The van der Waals surface area contributed by atoms with Gasteiger partial charge in [-0.2, -0.15) is 5.10 Å². The van der Waals surface area contributed by atoms with E-state index in [0.29, 0.717) is 27.1 Å². The van der Waals surface area contributed by atoms with Crippen molar-refractivity contribution < 1.29 is 4.79 Å². The maximum absolute atomic E-state index is 12.7. The molecule has 3 aromatic rings. The van der Waals surface area contributed by atoms with Gasteiger partial charge in [0.25, 0.3) is 5.91 Å². The van der Waals surface area contributed by atoms with Gasteiger partial charge in [0.15, 0.2) is 0 Å². The molecule has 0 atom stereocenters. The SMILES string of the molecule is Cc1cccc(C(=O)Nc2cc(C(C)(C)C)nn2-c2cc(Cl)ccc2Cl)c1. The van der Waals surface area contributed by atoms with Gasteiger partial charge in [-0.15, -0.1) is 0 Å². The van der Waals surface area contributed by atoms with Crippen LogP contribution in [-0.4, -0.2) is 15.7 Å². The lowest BCUT2D eigenvalue weighted by molar-refractivity contribution is 0.102. The minimum absolute atomic E-state index is 0.195. The van der Waals surface area contributed by atoms with Gasteiger partial charge in [0.2, 0.25) is 0 Å². The molecule has 140 valence electrons. The van der Waals surface area contributed by atoms with Crippen molar-refractivity contribution >= 4 is 34.9 Å². The van der Waals surface area contributed by atoms with E-state index in [9.17, 15) is 4.79 Å². The van der Waals surface area contributed by atoms with E-state index < -0.39 is 0 Å². The molecule has 0 unspecified atom stereocenters. The van der Waals surface area contributed by atoms with Gasteiger partial charge in [-0.3, -0.25) is 4.79 Å². The van der Waals surface area contributed by atoms with Crippen LogP contribution in [0, 0.1) is 6.92 Å². The summed E-state index contributed by atoms with van der Waals surface area (Å²) in [5.41, 5.74) is 2.85. The first-order valence-corrected chi connectivity index (χ1v) is 9.35. The monoisotopic (exact) mass is 401 g/mol. The van der Waals surface area contributed by atoms with E-state index in [0.717, 1.165) is 11.3 Å². The molecule has 0 saturated heterocycles. The number of amides is 1. The van der Waals surface area contributed by atoms with Gasteiger partial charge in [0, 0.05) is 22.1 Å². The van der Waals surface area contributed by atoms with Crippen LogP contribution in [0.2, 0.25) is 10.0 Å². The number of nitrogens with one attached hydrogen (secondary N) is 1. The zero-order valence-corrected chi connectivity index (χ0v) is 17.2. The van der Waals surface area contributed by atoms with Crippen molar-refractivity contribution in [3.63, 3.8) is 0 Å². The number of hydrogen-bond donors (Lipinski definition) is 1. The first-order valence-electron chi connectivity index (χ1n) is 8.59. The van der Waals surface area contributed by atoms with Crippen molar-refractivity contribution in [3.05, 3.63) is 75.4 Å². The number of anilines is 1. The first kappa shape index (κ1) is 19.5. The fourth-order valence-electron chi connectivity index (χ4n) is 2.64. The molecular formula is C21H21Cl2N3O. The Kier molecular flexibility index (Phi) is 5.31. The molecule has 4 nitrogen and oxygen atoms in total. The van der Waals surface area contributed by atoms with Gasteiger partial charge in [0.1, 0.15) is 5.82 Å². The summed E-state index contributed by atoms with van der Waals surface area (Å²) in [4.78, 5) is 12.7. The lowest BCUT2D eigenvalue weighted by atomic mass is 9.92. The van der Waals surface area contributed by atoms with Gasteiger partial charge in [-0.05, 0) is 37.3 Å². The molecule has 0 aliphatic rings. The van der Waals surface area contributed by atoms with Crippen LogP contribution in [0.15, 0.2) is 48.5 Å². The Morgan fingerprint density at radius 1 is 1.07 bits per heavy atom. The number of carbonyl (C=O) groups excluding carboxylic acids is 1. The predicted octanol–water partition coefficient (Wildman–Crippen LogP) is 6.04. The molecule has 3 rings (SSSR count). The van der Waals surface area contributed by atoms with E-state index in [1.807, 2.05) is 31.2 Å². The topological polar surface area (TPSA) is 46.9 Å². The smallest absolute Gasteiger partial charge is 0.256 e. The van der Waals surface area contributed by atoms with Crippen molar-refractivity contribution in [2.45, 2.75) is 33.1 Å². The normalized spacial score (nSPS) is 11.5. The Bertz CT molecular complexity index is 1000. The highest BCUT2D eigenvalue weighted by atomic mass is 35.5. The first-order chi connectivity index (χ1) is 12.6. The fourth-order valence-corrected chi connectivity index (χ4v) is 3.01. The minimum Gasteiger partial charge on any atom is -0.306 e. The molecule has 0 spiro atoms. The molecule has 1 amide bonds. The second-order valence-electron chi connectivity index (χ2n) is 7.50. The molecule has 0 fully saturated rings. The third-order valence-corrected chi connectivity index (χ3v) is 4.69. The lowest BCUT2D eigenvalue weighted by Gasteiger charge is -2.14. The van der Waals surface area contributed by atoms with Crippen molar-refractivity contribution in [1.82, 2.24) is 9.78 Å². The van der Waals surface area contributed by atoms with Crippen LogP contribution in [-0.2, 0) is 5.41 Å². The van der Waals surface area contributed by atoms with Crippen LogP contribution < -0.4 is 5.32 Å². The average molecular weight is 402 g/mol. The average Bonchev–Trinajstić information content (AvgIpc) is 3.01. The van der Waals surface area contributed by atoms with Gasteiger partial charge in [0.05, 0.1) is 16.4 Å². The molecule has 1 N–H and O–H groups in total. The lowest BCUT2D eigenvalue weighted by Crippen LogP contribution is -2.15. The third-order valence-electron chi connectivity index (χ3n) is 4.14. The van der Waals surface area contributed by atoms with Gasteiger partial charge < -0.3 is 5.32 Å².